The summed E-state index contributed by atoms with van der Waals surface area (Å²) in [5, 5.41) is 17.5. The van der Waals surface area contributed by atoms with Crippen LogP contribution in [0.3, 0.4) is 0 Å². The lowest BCUT2D eigenvalue weighted by atomic mass is 9.44. The Morgan fingerprint density at radius 3 is 1.90 bits per heavy atom. The standard InChI is InChI=1S/C59H78FNO14Si2/c1-13-76(14-2,15-3)74-44-33-45-58(35-69-45,73-38(9)63)50-52(72-54(66)41-30-25-31-42(60)32-41)59(68)34-43(36(7)46(56(59,10)11)48(70-37(8)62)51(64)57(44,50)12)71-55(67)49(75-77(16-4,17-5)18-6)47(39-26-21-19-22-27-39)61-53(65)40-28-23-20-24-29-40/h19-32,43-45,47-50,52,68H,13-18,33-35H2,1-12H3,(H,61,65)/t43-,44-,45+,47-,48+,49+,50-,52-,57+,58-,59+/m0/s1. The average molecular weight is 1100 g/mol. The Balaban J connectivity index is 1.50. The van der Waals surface area contributed by atoms with Crippen molar-refractivity contribution in [2.75, 3.05) is 6.61 Å². The van der Waals surface area contributed by atoms with Gasteiger partial charge in [-0.05, 0) is 97.2 Å². The number of amides is 1. The number of carbonyl (C=O) groups is 6. The zero-order valence-electron chi connectivity index (χ0n) is 46.7. The fourth-order valence-corrected chi connectivity index (χ4v) is 18.8. The van der Waals surface area contributed by atoms with Gasteiger partial charge in [-0.15, -0.1) is 0 Å². The Hall–Kier alpha value is -5.38. The highest BCUT2D eigenvalue weighted by Gasteiger charge is 2.79. The molecular formula is C59H78FNO14Si2. The van der Waals surface area contributed by atoms with Crippen molar-refractivity contribution in [3.63, 3.8) is 0 Å². The summed E-state index contributed by atoms with van der Waals surface area (Å²) in [6.07, 6.45) is -8.98. The van der Waals surface area contributed by atoms with Crippen LogP contribution in [0, 0.1) is 22.6 Å². The van der Waals surface area contributed by atoms with Gasteiger partial charge in [-0.25, -0.2) is 14.0 Å². The Labute approximate surface area is 454 Å². The normalized spacial score (nSPS) is 28.5. The Morgan fingerprint density at radius 2 is 1.36 bits per heavy atom. The van der Waals surface area contributed by atoms with Crippen molar-refractivity contribution < 1.29 is 70.8 Å². The molecule has 2 bridgehead atoms. The summed E-state index contributed by atoms with van der Waals surface area (Å²) in [5.41, 5.74) is -6.77. The van der Waals surface area contributed by atoms with Crippen LogP contribution in [0.5, 0.6) is 0 Å². The lowest BCUT2D eigenvalue weighted by Gasteiger charge is -2.68. The average Bonchev–Trinajstić information content (AvgIpc) is 3.60. The van der Waals surface area contributed by atoms with E-state index in [9.17, 15) is 24.3 Å². The van der Waals surface area contributed by atoms with Gasteiger partial charge >= 0.3 is 23.9 Å². The lowest BCUT2D eigenvalue weighted by molar-refractivity contribution is -0.344. The van der Waals surface area contributed by atoms with Crippen molar-refractivity contribution in [3.8, 4) is 0 Å². The molecule has 3 aromatic rings. The van der Waals surface area contributed by atoms with E-state index in [0.29, 0.717) is 47.4 Å². The van der Waals surface area contributed by atoms with Crippen LogP contribution >= 0.6 is 0 Å². The second-order valence-corrected chi connectivity index (χ2v) is 31.6. The summed E-state index contributed by atoms with van der Waals surface area (Å²) in [6, 6.07) is 25.0. The molecule has 2 saturated carbocycles. The number of ether oxygens (including phenoxy) is 5. The number of rotatable bonds is 20. The minimum atomic E-state index is -2.78. The van der Waals surface area contributed by atoms with Gasteiger partial charge in [-0.3, -0.25) is 19.2 Å². The largest absolute Gasteiger partial charge is 0.456 e. The van der Waals surface area contributed by atoms with Crippen molar-refractivity contribution in [1.29, 1.82) is 0 Å². The van der Waals surface area contributed by atoms with E-state index in [4.69, 9.17) is 32.5 Å². The second kappa shape index (κ2) is 23.1. The first-order chi connectivity index (χ1) is 36.4. The number of fused-ring (bicyclic) bond motifs is 5. The predicted octanol–water partition coefficient (Wildman–Crippen LogP) is 9.93. The van der Waals surface area contributed by atoms with Gasteiger partial charge in [0.05, 0.1) is 35.6 Å². The zero-order valence-corrected chi connectivity index (χ0v) is 48.7. The summed E-state index contributed by atoms with van der Waals surface area (Å²) < 4.78 is 61.9. The maximum absolute atomic E-state index is 16.6. The zero-order chi connectivity index (χ0) is 56.5. The third kappa shape index (κ3) is 10.8. The number of Topliss-reactive ketones (excluding diaryl/α,β-unsaturated/α-hetero) is 1. The molecule has 0 aromatic heterocycles. The second-order valence-electron chi connectivity index (χ2n) is 22.2. The van der Waals surface area contributed by atoms with Crippen molar-refractivity contribution in [1.82, 2.24) is 5.32 Å². The fourth-order valence-electron chi connectivity index (χ4n) is 13.0. The predicted molar refractivity (Wildman–Crippen MR) is 290 cm³/mol. The maximum atomic E-state index is 16.6. The summed E-state index contributed by atoms with van der Waals surface area (Å²) >= 11 is 0. The van der Waals surface area contributed by atoms with Gasteiger partial charge in [0.25, 0.3) is 5.91 Å². The third-order valence-corrected chi connectivity index (χ3v) is 27.4. The van der Waals surface area contributed by atoms with E-state index in [2.05, 4.69) is 5.32 Å². The minimum absolute atomic E-state index is 0.0427. The van der Waals surface area contributed by atoms with Crippen LogP contribution in [0.1, 0.15) is 128 Å². The van der Waals surface area contributed by atoms with Crippen LogP contribution in [0.4, 0.5) is 4.39 Å². The number of ketones is 1. The molecule has 77 heavy (non-hydrogen) atoms. The molecule has 3 aliphatic carbocycles. The smallest absolute Gasteiger partial charge is 0.338 e. The fraction of sp³-hybridized carbons (Fsp3) is 0.559. The molecule has 7 rings (SSSR count). The highest BCUT2D eigenvalue weighted by molar-refractivity contribution is 6.74. The first-order valence-corrected chi connectivity index (χ1v) is 32.4. The molecule has 0 spiro atoms. The Kier molecular flexibility index (Phi) is 17.8. The summed E-state index contributed by atoms with van der Waals surface area (Å²) in [4.78, 5) is 88.6. The molecule has 1 saturated heterocycles. The van der Waals surface area contributed by atoms with Gasteiger partial charge in [-0.1, -0.05) is 110 Å². The summed E-state index contributed by atoms with van der Waals surface area (Å²) in [7, 11) is -5.48. The van der Waals surface area contributed by atoms with Gasteiger partial charge in [0, 0.05) is 37.7 Å². The molecule has 18 heteroatoms. The maximum Gasteiger partial charge on any atom is 0.338 e. The van der Waals surface area contributed by atoms with E-state index in [1.807, 2.05) is 47.6 Å². The monoisotopic (exact) mass is 1100 g/mol. The van der Waals surface area contributed by atoms with Gasteiger partial charge in [0.1, 0.15) is 29.7 Å². The first-order valence-electron chi connectivity index (χ1n) is 27.3. The van der Waals surface area contributed by atoms with E-state index >= 15 is 14.0 Å². The minimum Gasteiger partial charge on any atom is -0.456 e. The Bertz CT molecular complexity index is 2700. The van der Waals surface area contributed by atoms with Gasteiger partial charge in [0.15, 0.2) is 40.2 Å². The molecule has 1 heterocycles. The van der Waals surface area contributed by atoms with E-state index in [-0.39, 0.29) is 29.7 Å². The van der Waals surface area contributed by atoms with Crippen LogP contribution in [0.2, 0.25) is 36.3 Å². The highest BCUT2D eigenvalue weighted by atomic mass is 28.4. The third-order valence-electron chi connectivity index (χ3n) is 18.1. The number of hydrogen-bond acceptors (Lipinski definition) is 14. The highest BCUT2D eigenvalue weighted by Crippen LogP contribution is 2.65. The lowest BCUT2D eigenvalue weighted by Crippen LogP contribution is -2.82. The molecule has 15 nitrogen and oxygen atoms in total. The van der Waals surface area contributed by atoms with E-state index in [1.165, 1.54) is 26.0 Å². The Morgan fingerprint density at radius 1 is 0.779 bits per heavy atom. The van der Waals surface area contributed by atoms with E-state index in [1.54, 1.807) is 82.3 Å². The molecule has 2 N–H and O–H groups in total. The number of esters is 4. The molecule has 1 aliphatic heterocycles. The van der Waals surface area contributed by atoms with Crippen molar-refractivity contribution >= 4 is 52.2 Å². The number of hydrogen-bond donors (Lipinski definition) is 2. The SMILES string of the molecule is CC[Si](CC)(CC)O[C@H]1C[C@H]2OC[C@@]2(OC(C)=O)[C@H]2[C@H](OC(=O)c3cccc(F)c3)[C@]3(O)C[C@H](OC(=O)[C@H](O[Si](CC)(CC)CC)[C@@H](NC(=O)c4ccccc4)c4ccccc4)C(C)=C([C@@H](OC(C)=O)C(=O)[C@]12C)C3(C)C. The quantitative estimate of drug-likeness (QED) is 0.0469. The summed E-state index contributed by atoms with van der Waals surface area (Å²) in [6.45, 7) is 20.7. The number of halogens is 1. The molecule has 3 aromatic carbocycles. The molecule has 418 valence electrons. The van der Waals surface area contributed by atoms with Crippen LogP contribution in [0.15, 0.2) is 96.1 Å². The number of benzene rings is 3. The molecule has 11 atom stereocenters. The number of aliphatic hydroxyl groups is 1. The van der Waals surface area contributed by atoms with Gasteiger partial charge in [0.2, 0.25) is 0 Å². The molecule has 0 radical (unpaired) electrons. The molecule has 4 aliphatic rings. The van der Waals surface area contributed by atoms with Crippen molar-refractivity contribution in [2.45, 2.75) is 186 Å². The van der Waals surface area contributed by atoms with E-state index < -0.39 is 135 Å². The van der Waals surface area contributed by atoms with Crippen molar-refractivity contribution in [2.24, 2.45) is 16.7 Å². The van der Waals surface area contributed by atoms with Crippen molar-refractivity contribution in [3.05, 3.63) is 119 Å². The number of nitrogens with one attached hydrogen (secondary N) is 1. The molecule has 0 unspecified atom stereocenters. The molecular weight excluding hydrogens is 1020 g/mol. The topological polar surface area (TPSA) is 199 Å². The molecule has 3 fully saturated rings. The molecule has 1 amide bonds. The van der Waals surface area contributed by atoms with Crippen LogP contribution in [0.25, 0.3) is 0 Å². The van der Waals surface area contributed by atoms with Crippen LogP contribution < -0.4 is 5.32 Å². The van der Waals surface area contributed by atoms with E-state index in [0.717, 1.165) is 12.1 Å². The summed E-state index contributed by atoms with van der Waals surface area (Å²) in [5.74, 6) is -6.98. The van der Waals surface area contributed by atoms with Gasteiger partial charge < -0.3 is 43.0 Å². The first kappa shape index (κ1) is 59.3. The van der Waals surface area contributed by atoms with Crippen LogP contribution in [-0.4, -0.2) is 112 Å². The van der Waals surface area contributed by atoms with Gasteiger partial charge in [-0.2, -0.15) is 0 Å². The number of carbonyl (C=O) groups excluding carboxylic acids is 6. The van der Waals surface area contributed by atoms with Crippen LogP contribution in [-0.2, 0) is 51.7 Å².